The van der Waals surface area contributed by atoms with Gasteiger partial charge in [-0.3, -0.25) is 4.79 Å². The summed E-state index contributed by atoms with van der Waals surface area (Å²) in [5.74, 6) is 0.232. The summed E-state index contributed by atoms with van der Waals surface area (Å²) in [6.07, 6.45) is 1.18. The van der Waals surface area contributed by atoms with Crippen molar-refractivity contribution in [3.05, 3.63) is 24.4 Å². The van der Waals surface area contributed by atoms with Crippen molar-refractivity contribution in [2.45, 2.75) is 18.1 Å². The molecule has 0 saturated carbocycles. The third-order valence-electron chi connectivity index (χ3n) is 1.58. The van der Waals surface area contributed by atoms with Crippen LogP contribution in [0.4, 0.5) is 0 Å². The van der Waals surface area contributed by atoms with E-state index in [1.807, 2.05) is 18.2 Å². The van der Waals surface area contributed by atoms with E-state index in [4.69, 9.17) is 5.11 Å². The lowest BCUT2D eigenvalue weighted by Crippen LogP contribution is -2.31. The Balaban J connectivity index is 2.23. The van der Waals surface area contributed by atoms with Crippen molar-refractivity contribution in [3.8, 4) is 0 Å². The highest BCUT2D eigenvalue weighted by atomic mass is 32.2. The van der Waals surface area contributed by atoms with Crippen molar-refractivity contribution in [3.63, 3.8) is 0 Å². The molecule has 4 nitrogen and oxygen atoms in total. The molecule has 0 aromatic carbocycles. The fraction of sp³-hybridized carbons (Fsp3) is 0.400. The van der Waals surface area contributed by atoms with Gasteiger partial charge in [0.1, 0.15) is 0 Å². The Hall–Kier alpha value is -1.07. The van der Waals surface area contributed by atoms with Gasteiger partial charge in [0.05, 0.1) is 16.9 Å². The molecule has 0 saturated heterocycles. The van der Waals surface area contributed by atoms with E-state index >= 15 is 0 Å². The zero-order valence-corrected chi connectivity index (χ0v) is 9.33. The molecule has 2 N–H and O–H groups in total. The predicted molar refractivity (Wildman–Crippen MR) is 59.7 cm³/mol. The van der Waals surface area contributed by atoms with Crippen molar-refractivity contribution in [1.82, 2.24) is 10.3 Å². The number of hydrogen-bond acceptors (Lipinski definition) is 4. The second kappa shape index (κ2) is 6.42. The minimum Gasteiger partial charge on any atom is -0.392 e. The minimum absolute atomic E-state index is 0.0912. The number of hydrogen-bond donors (Lipinski definition) is 2. The maximum absolute atomic E-state index is 11.2. The monoisotopic (exact) mass is 226 g/mol. The number of carbonyl (C=O) groups is 1. The lowest BCUT2D eigenvalue weighted by molar-refractivity contribution is -0.118. The predicted octanol–water partition coefficient (Wildman–Crippen LogP) is 0.671. The smallest absolute Gasteiger partial charge is 0.230 e. The first-order valence-electron chi connectivity index (χ1n) is 4.67. The van der Waals surface area contributed by atoms with Gasteiger partial charge in [-0.1, -0.05) is 17.8 Å². The molecule has 0 fully saturated rings. The first-order chi connectivity index (χ1) is 7.18. The van der Waals surface area contributed by atoms with Crippen LogP contribution >= 0.6 is 11.8 Å². The van der Waals surface area contributed by atoms with E-state index in [1.54, 1.807) is 13.1 Å². The van der Waals surface area contributed by atoms with Crippen LogP contribution in [0.15, 0.2) is 29.4 Å². The van der Waals surface area contributed by atoms with Crippen molar-refractivity contribution >= 4 is 17.7 Å². The molecular formula is C10H14N2O2S. The molecule has 1 amide bonds. The van der Waals surface area contributed by atoms with Gasteiger partial charge in [0, 0.05) is 12.7 Å². The van der Waals surface area contributed by atoms with Gasteiger partial charge in [0.15, 0.2) is 0 Å². The number of amides is 1. The summed E-state index contributed by atoms with van der Waals surface area (Å²) in [6, 6.07) is 5.56. The van der Waals surface area contributed by atoms with Crippen molar-refractivity contribution in [2.75, 3.05) is 12.3 Å². The molecule has 15 heavy (non-hydrogen) atoms. The number of rotatable bonds is 5. The lowest BCUT2D eigenvalue weighted by atomic mass is 10.4. The molecule has 0 radical (unpaired) electrons. The number of thioether (sulfide) groups is 1. The van der Waals surface area contributed by atoms with Crippen LogP contribution in [0.5, 0.6) is 0 Å². The van der Waals surface area contributed by atoms with Gasteiger partial charge in [-0.2, -0.15) is 0 Å². The van der Waals surface area contributed by atoms with Crippen LogP contribution in [0.3, 0.4) is 0 Å². The Bertz CT molecular complexity index is 304. The van der Waals surface area contributed by atoms with Crippen molar-refractivity contribution in [1.29, 1.82) is 0 Å². The molecule has 1 heterocycles. The Morgan fingerprint density at radius 1 is 1.67 bits per heavy atom. The Morgan fingerprint density at radius 3 is 3.07 bits per heavy atom. The van der Waals surface area contributed by atoms with Gasteiger partial charge in [-0.25, -0.2) is 4.98 Å². The van der Waals surface area contributed by atoms with Crippen LogP contribution in [0.1, 0.15) is 6.92 Å². The highest BCUT2D eigenvalue weighted by Crippen LogP contribution is 2.12. The van der Waals surface area contributed by atoms with E-state index < -0.39 is 6.10 Å². The molecular weight excluding hydrogens is 212 g/mol. The van der Waals surface area contributed by atoms with Crippen LogP contribution in [-0.2, 0) is 4.79 Å². The number of aliphatic hydroxyl groups excluding tert-OH is 1. The van der Waals surface area contributed by atoms with Gasteiger partial charge in [-0.05, 0) is 19.1 Å². The van der Waals surface area contributed by atoms with Crippen LogP contribution in [-0.4, -0.2) is 34.4 Å². The summed E-state index contributed by atoms with van der Waals surface area (Å²) in [6.45, 7) is 1.92. The standard InChI is InChI=1S/C10H14N2O2S/c1-8(13)6-12-9(14)7-15-10-4-2-3-5-11-10/h2-5,8,13H,6-7H2,1H3,(H,12,14)/t8-/m1/s1. The van der Waals surface area contributed by atoms with E-state index in [1.165, 1.54) is 11.8 Å². The fourth-order valence-corrected chi connectivity index (χ4v) is 1.58. The van der Waals surface area contributed by atoms with E-state index in [9.17, 15) is 4.79 Å². The highest BCUT2D eigenvalue weighted by Gasteiger charge is 2.03. The van der Waals surface area contributed by atoms with Gasteiger partial charge < -0.3 is 10.4 Å². The number of carbonyl (C=O) groups excluding carboxylic acids is 1. The minimum atomic E-state index is -0.506. The fourth-order valence-electron chi connectivity index (χ4n) is 0.885. The number of nitrogens with one attached hydrogen (secondary N) is 1. The van der Waals surface area contributed by atoms with Gasteiger partial charge in [0.2, 0.25) is 5.91 Å². The summed E-state index contributed by atoms with van der Waals surface area (Å²) in [5.41, 5.74) is 0. The molecule has 0 bridgehead atoms. The van der Waals surface area contributed by atoms with Crippen LogP contribution < -0.4 is 5.32 Å². The first kappa shape index (κ1) is 12.0. The number of pyridine rings is 1. The van der Waals surface area contributed by atoms with Crippen LogP contribution in [0.2, 0.25) is 0 Å². The second-order valence-electron chi connectivity index (χ2n) is 3.11. The SMILES string of the molecule is C[C@@H](O)CNC(=O)CSc1ccccn1. The average molecular weight is 226 g/mol. The normalized spacial score (nSPS) is 12.1. The zero-order valence-electron chi connectivity index (χ0n) is 8.51. The second-order valence-corrected chi connectivity index (χ2v) is 4.11. The summed E-state index contributed by atoms with van der Waals surface area (Å²) in [7, 11) is 0. The molecule has 1 aromatic heterocycles. The summed E-state index contributed by atoms with van der Waals surface area (Å²) >= 11 is 1.38. The third-order valence-corrected chi connectivity index (χ3v) is 2.53. The number of aliphatic hydroxyl groups is 1. The maximum atomic E-state index is 11.2. The molecule has 0 aliphatic heterocycles. The Morgan fingerprint density at radius 2 is 2.47 bits per heavy atom. The van der Waals surface area contributed by atoms with Gasteiger partial charge >= 0.3 is 0 Å². The van der Waals surface area contributed by atoms with Crippen LogP contribution in [0.25, 0.3) is 0 Å². The van der Waals surface area contributed by atoms with E-state index in [-0.39, 0.29) is 5.91 Å². The summed E-state index contributed by atoms with van der Waals surface area (Å²) < 4.78 is 0. The van der Waals surface area contributed by atoms with E-state index in [0.717, 1.165) is 5.03 Å². The molecule has 0 spiro atoms. The molecule has 82 valence electrons. The Kier molecular flexibility index (Phi) is 5.14. The molecule has 1 rings (SSSR count). The quantitative estimate of drug-likeness (QED) is 0.724. The number of nitrogens with zero attached hydrogens (tertiary/aromatic N) is 1. The van der Waals surface area contributed by atoms with Gasteiger partial charge in [-0.15, -0.1) is 0 Å². The highest BCUT2D eigenvalue weighted by molar-refractivity contribution is 7.99. The zero-order chi connectivity index (χ0) is 11.1. The molecule has 0 unspecified atom stereocenters. The van der Waals surface area contributed by atoms with Crippen molar-refractivity contribution < 1.29 is 9.90 Å². The number of aromatic nitrogens is 1. The topological polar surface area (TPSA) is 62.2 Å². The lowest BCUT2D eigenvalue weighted by Gasteiger charge is -2.06. The first-order valence-corrected chi connectivity index (χ1v) is 5.65. The summed E-state index contributed by atoms with van der Waals surface area (Å²) in [5, 5.41) is 12.4. The largest absolute Gasteiger partial charge is 0.392 e. The summed E-state index contributed by atoms with van der Waals surface area (Å²) in [4.78, 5) is 15.3. The average Bonchev–Trinajstić information content (AvgIpc) is 2.25. The van der Waals surface area contributed by atoms with E-state index in [0.29, 0.717) is 12.3 Å². The Labute approximate surface area is 93.1 Å². The maximum Gasteiger partial charge on any atom is 0.230 e. The molecule has 1 aromatic rings. The van der Waals surface area contributed by atoms with Crippen LogP contribution in [0, 0.1) is 0 Å². The van der Waals surface area contributed by atoms with Crippen molar-refractivity contribution in [2.24, 2.45) is 0 Å². The molecule has 5 heteroatoms. The molecule has 0 aliphatic rings. The van der Waals surface area contributed by atoms with E-state index in [2.05, 4.69) is 10.3 Å². The van der Waals surface area contributed by atoms with Gasteiger partial charge in [0.25, 0.3) is 0 Å². The molecule has 0 aliphatic carbocycles. The third kappa shape index (κ3) is 5.39. The molecule has 1 atom stereocenters.